The average molecular weight is 316 g/mol. The Hall–Kier alpha value is -2.69. The van der Waals surface area contributed by atoms with Gasteiger partial charge in [0.25, 0.3) is 0 Å². The van der Waals surface area contributed by atoms with Crippen LogP contribution in [0.1, 0.15) is 11.1 Å². The minimum absolute atomic E-state index is 0.102. The van der Waals surface area contributed by atoms with Gasteiger partial charge in [0, 0.05) is 0 Å². The summed E-state index contributed by atoms with van der Waals surface area (Å²) in [6.45, 7) is 1.94. The van der Waals surface area contributed by atoms with Crippen LogP contribution in [0.5, 0.6) is 23.0 Å². The molecule has 2 aromatic carbocycles. The maximum absolute atomic E-state index is 12.1. The molecular formula is C18H20O5. The van der Waals surface area contributed by atoms with Crippen LogP contribution in [0.2, 0.25) is 0 Å². The lowest BCUT2D eigenvalue weighted by molar-refractivity contribution is -0.133. The van der Waals surface area contributed by atoms with Gasteiger partial charge in [0.1, 0.15) is 5.75 Å². The van der Waals surface area contributed by atoms with Gasteiger partial charge in [0.05, 0.1) is 27.8 Å². The van der Waals surface area contributed by atoms with E-state index in [2.05, 4.69) is 0 Å². The monoisotopic (exact) mass is 316 g/mol. The molecule has 0 radical (unpaired) electrons. The molecule has 0 aromatic heterocycles. The van der Waals surface area contributed by atoms with Crippen LogP contribution in [0, 0.1) is 6.92 Å². The van der Waals surface area contributed by atoms with Gasteiger partial charge in [-0.05, 0) is 42.3 Å². The van der Waals surface area contributed by atoms with Gasteiger partial charge in [0.15, 0.2) is 11.5 Å². The van der Waals surface area contributed by atoms with Crippen molar-refractivity contribution in [2.24, 2.45) is 0 Å². The van der Waals surface area contributed by atoms with Gasteiger partial charge in [0.2, 0.25) is 5.75 Å². The van der Waals surface area contributed by atoms with Crippen LogP contribution in [-0.2, 0) is 11.2 Å². The zero-order valence-corrected chi connectivity index (χ0v) is 13.7. The molecule has 0 N–H and O–H groups in total. The molecule has 0 heterocycles. The number of carbonyl (C=O) groups excluding carboxylic acids is 1. The molecule has 0 aliphatic heterocycles. The van der Waals surface area contributed by atoms with Crippen LogP contribution in [0.25, 0.3) is 0 Å². The molecule has 5 nitrogen and oxygen atoms in total. The van der Waals surface area contributed by atoms with E-state index < -0.39 is 0 Å². The average Bonchev–Trinajstić information content (AvgIpc) is 2.53. The van der Waals surface area contributed by atoms with Gasteiger partial charge in [-0.2, -0.15) is 0 Å². The third-order valence-electron chi connectivity index (χ3n) is 3.29. The van der Waals surface area contributed by atoms with Gasteiger partial charge in [-0.15, -0.1) is 0 Å². The predicted octanol–water partition coefficient (Wildman–Crippen LogP) is 3.17. The molecule has 0 saturated heterocycles. The van der Waals surface area contributed by atoms with E-state index >= 15 is 0 Å². The van der Waals surface area contributed by atoms with Crippen molar-refractivity contribution in [3.8, 4) is 23.0 Å². The molecule has 2 aromatic rings. The molecule has 0 unspecified atom stereocenters. The Morgan fingerprint density at radius 2 is 1.61 bits per heavy atom. The van der Waals surface area contributed by atoms with Crippen molar-refractivity contribution in [2.45, 2.75) is 13.3 Å². The van der Waals surface area contributed by atoms with Crippen molar-refractivity contribution in [2.75, 3.05) is 21.3 Å². The largest absolute Gasteiger partial charge is 0.493 e. The topological polar surface area (TPSA) is 54.0 Å². The third-order valence-corrected chi connectivity index (χ3v) is 3.29. The van der Waals surface area contributed by atoms with Crippen molar-refractivity contribution in [1.29, 1.82) is 0 Å². The summed E-state index contributed by atoms with van der Waals surface area (Å²) in [4.78, 5) is 12.1. The van der Waals surface area contributed by atoms with E-state index in [1.165, 1.54) is 21.3 Å². The lowest BCUT2D eigenvalue weighted by Gasteiger charge is -2.14. The van der Waals surface area contributed by atoms with Crippen molar-refractivity contribution in [3.63, 3.8) is 0 Å². The molecule has 0 aliphatic carbocycles. The first-order valence-electron chi connectivity index (χ1n) is 7.13. The maximum Gasteiger partial charge on any atom is 0.315 e. The quantitative estimate of drug-likeness (QED) is 0.605. The fraction of sp³-hybridized carbons (Fsp3) is 0.278. The predicted molar refractivity (Wildman–Crippen MR) is 86.6 cm³/mol. The summed E-state index contributed by atoms with van der Waals surface area (Å²) in [5, 5.41) is 0. The van der Waals surface area contributed by atoms with Crippen molar-refractivity contribution < 1.29 is 23.7 Å². The lowest BCUT2D eigenvalue weighted by Crippen LogP contribution is -2.11. The summed E-state index contributed by atoms with van der Waals surface area (Å²) in [6, 6.07) is 10.8. The number of benzene rings is 2. The Labute approximate surface area is 135 Å². The summed E-state index contributed by atoms with van der Waals surface area (Å²) in [5.74, 6) is 1.67. The molecule has 23 heavy (non-hydrogen) atoms. The molecule has 0 bridgehead atoms. The molecule has 0 fully saturated rings. The second-order valence-electron chi connectivity index (χ2n) is 5.00. The van der Waals surface area contributed by atoms with Crippen LogP contribution in [0.15, 0.2) is 36.4 Å². The highest BCUT2D eigenvalue weighted by Crippen LogP contribution is 2.38. The van der Waals surface area contributed by atoms with E-state index in [1.54, 1.807) is 18.2 Å². The molecule has 0 atom stereocenters. The maximum atomic E-state index is 12.1. The SMILES string of the molecule is COc1cc(CC(=O)Oc2cccc(C)c2)cc(OC)c1OC. The van der Waals surface area contributed by atoms with E-state index in [1.807, 2.05) is 25.1 Å². The number of carbonyl (C=O) groups is 1. The summed E-state index contributed by atoms with van der Waals surface area (Å²) in [7, 11) is 4.60. The Morgan fingerprint density at radius 3 is 2.13 bits per heavy atom. The number of rotatable bonds is 6. The van der Waals surface area contributed by atoms with Gasteiger partial charge in [-0.25, -0.2) is 0 Å². The summed E-state index contributed by atoms with van der Waals surface area (Å²) < 4.78 is 21.2. The van der Waals surface area contributed by atoms with Gasteiger partial charge < -0.3 is 18.9 Å². The second kappa shape index (κ2) is 7.54. The number of ether oxygens (including phenoxy) is 4. The van der Waals surface area contributed by atoms with Gasteiger partial charge >= 0.3 is 5.97 Å². The number of hydrogen-bond acceptors (Lipinski definition) is 5. The Morgan fingerprint density at radius 1 is 0.957 bits per heavy atom. The molecule has 122 valence electrons. The minimum atomic E-state index is -0.357. The zero-order valence-electron chi connectivity index (χ0n) is 13.7. The number of aryl methyl sites for hydroxylation is 1. The van der Waals surface area contributed by atoms with Crippen molar-refractivity contribution in [1.82, 2.24) is 0 Å². The Kier molecular flexibility index (Phi) is 5.46. The molecule has 0 spiro atoms. The van der Waals surface area contributed by atoms with E-state index in [0.717, 1.165) is 11.1 Å². The van der Waals surface area contributed by atoms with Crippen LogP contribution >= 0.6 is 0 Å². The summed E-state index contributed by atoms with van der Waals surface area (Å²) in [6.07, 6.45) is 0.102. The zero-order chi connectivity index (χ0) is 16.8. The lowest BCUT2D eigenvalue weighted by atomic mass is 10.1. The molecule has 2 rings (SSSR count). The van der Waals surface area contributed by atoms with Gasteiger partial charge in [-0.3, -0.25) is 4.79 Å². The van der Waals surface area contributed by atoms with E-state index in [0.29, 0.717) is 23.0 Å². The first-order valence-corrected chi connectivity index (χ1v) is 7.13. The van der Waals surface area contributed by atoms with Crippen LogP contribution in [0.3, 0.4) is 0 Å². The molecule has 5 heteroatoms. The van der Waals surface area contributed by atoms with Crippen LogP contribution < -0.4 is 18.9 Å². The fourth-order valence-electron chi connectivity index (χ4n) is 2.25. The minimum Gasteiger partial charge on any atom is -0.493 e. The third kappa shape index (κ3) is 4.16. The summed E-state index contributed by atoms with van der Waals surface area (Å²) >= 11 is 0. The highest BCUT2D eigenvalue weighted by molar-refractivity contribution is 5.76. The molecule has 0 amide bonds. The highest BCUT2D eigenvalue weighted by atomic mass is 16.5. The normalized spacial score (nSPS) is 10.1. The van der Waals surface area contributed by atoms with Crippen LogP contribution in [-0.4, -0.2) is 27.3 Å². The highest BCUT2D eigenvalue weighted by Gasteiger charge is 2.15. The van der Waals surface area contributed by atoms with Crippen molar-refractivity contribution in [3.05, 3.63) is 47.5 Å². The second-order valence-corrected chi connectivity index (χ2v) is 5.00. The molecule has 0 saturated carbocycles. The standard InChI is InChI=1S/C18H20O5/c1-12-6-5-7-14(8-12)23-17(19)11-13-9-15(20-2)18(22-4)16(10-13)21-3/h5-10H,11H2,1-4H3. The number of methoxy groups -OCH3 is 3. The Balaban J connectivity index is 2.17. The first kappa shape index (κ1) is 16.7. The van der Waals surface area contributed by atoms with E-state index in [4.69, 9.17) is 18.9 Å². The molecule has 0 aliphatic rings. The fourth-order valence-corrected chi connectivity index (χ4v) is 2.25. The van der Waals surface area contributed by atoms with Crippen molar-refractivity contribution >= 4 is 5.97 Å². The van der Waals surface area contributed by atoms with E-state index in [-0.39, 0.29) is 12.4 Å². The smallest absolute Gasteiger partial charge is 0.315 e. The number of hydrogen-bond donors (Lipinski definition) is 0. The first-order chi connectivity index (χ1) is 11.1. The van der Waals surface area contributed by atoms with E-state index in [9.17, 15) is 4.79 Å². The van der Waals surface area contributed by atoms with Crippen LogP contribution in [0.4, 0.5) is 0 Å². The molecular weight excluding hydrogens is 296 g/mol. The van der Waals surface area contributed by atoms with Gasteiger partial charge in [-0.1, -0.05) is 12.1 Å². The number of esters is 1. The Bertz CT molecular complexity index is 669. The summed E-state index contributed by atoms with van der Waals surface area (Å²) in [5.41, 5.74) is 1.75.